The van der Waals surface area contributed by atoms with Gasteiger partial charge in [0.05, 0.1) is 22.7 Å². The van der Waals surface area contributed by atoms with Gasteiger partial charge in [0.15, 0.2) is 11.5 Å². The Balaban J connectivity index is 1.55. The van der Waals surface area contributed by atoms with Crippen LogP contribution in [0.25, 0.3) is 0 Å². The zero-order valence-corrected chi connectivity index (χ0v) is 24.6. The van der Waals surface area contributed by atoms with Gasteiger partial charge in [-0.1, -0.05) is 48.5 Å². The predicted octanol–water partition coefficient (Wildman–Crippen LogP) is 6.49. The minimum absolute atomic E-state index is 0.0525. The summed E-state index contributed by atoms with van der Waals surface area (Å²) in [5.74, 6) is -4.58. The number of benzene rings is 3. The molecule has 0 spiro atoms. The van der Waals surface area contributed by atoms with Crippen molar-refractivity contribution in [3.8, 4) is 35.1 Å². The van der Waals surface area contributed by atoms with E-state index in [4.69, 9.17) is 14.2 Å². The van der Waals surface area contributed by atoms with Gasteiger partial charge in [-0.2, -0.15) is 19.0 Å². The quantitative estimate of drug-likeness (QED) is 0.181. The van der Waals surface area contributed by atoms with Crippen LogP contribution in [-0.4, -0.2) is 46.3 Å². The number of hydrogen-bond acceptors (Lipinski definition) is 9. The van der Waals surface area contributed by atoms with E-state index in [9.17, 15) is 15.2 Å². The summed E-state index contributed by atoms with van der Waals surface area (Å²) in [7, 11) is 1.93. The fourth-order valence-electron chi connectivity index (χ4n) is 4.48. The molecule has 0 amide bonds. The molecule has 0 saturated carbocycles. The molecule has 1 fully saturated rings. The third-order valence-corrected chi connectivity index (χ3v) is 7.95. The molecule has 226 valence electrons. The molecule has 44 heavy (non-hydrogen) atoms. The van der Waals surface area contributed by atoms with Crippen molar-refractivity contribution in [3.05, 3.63) is 101 Å². The number of nitriles is 1. The number of aliphatic carboxylic acids is 1. The summed E-state index contributed by atoms with van der Waals surface area (Å²) in [5.41, 5.74) is 1.75. The van der Waals surface area contributed by atoms with Crippen molar-refractivity contribution in [1.29, 1.82) is 5.26 Å². The molecule has 4 aromatic rings. The van der Waals surface area contributed by atoms with Crippen LogP contribution in [0.3, 0.4) is 0 Å². The van der Waals surface area contributed by atoms with Crippen molar-refractivity contribution in [2.45, 2.75) is 29.8 Å². The third kappa shape index (κ3) is 6.92. The highest BCUT2D eigenvalue weighted by atomic mass is 32.2. The van der Waals surface area contributed by atoms with Crippen LogP contribution in [0, 0.1) is 23.0 Å². The van der Waals surface area contributed by atoms with Crippen molar-refractivity contribution >= 4 is 17.7 Å². The molecule has 2 unspecified atom stereocenters. The standard InChI is InChI=1S/C32H28F2N4O5S/c1-19(32(39)40)44-28-26(33)30(42-23-11-7-6-10-22(23)29-36-14-15-38(29)2)37-31(27(28)34)43-25-16-21(17-35)12-13-24(25)41-18-20-8-4-3-5-9-20/h3-13,16,19,29,36H,14-15,18H2,1-2H3,(H,39,40). The highest BCUT2D eigenvalue weighted by Crippen LogP contribution is 2.42. The van der Waals surface area contributed by atoms with Crippen LogP contribution < -0.4 is 19.5 Å². The van der Waals surface area contributed by atoms with Gasteiger partial charge in [-0.3, -0.25) is 15.0 Å². The first-order valence-electron chi connectivity index (χ1n) is 13.6. The SMILES string of the molecule is CC(Sc1c(F)c(Oc2cc(C#N)ccc2OCc2ccccc2)nc(Oc2ccccc2C2NCCN2C)c1F)C(=O)O. The Labute approximate surface area is 257 Å². The second-order valence-corrected chi connectivity index (χ2v) is 11.3. The number of nitrogens with one attached hydrogen (secondary N) is 1. The maximum atomic E-state index is 15.9. The van der Waals surface area contributed by atoms with Gasteiger partial charge in [0.2, 0.25) is 11.6 Å². The molecule has 1 aliphatic heterocycles. The molecule has 0 aliphatic carbocycles. The monoisotopic (exact) mass is 618 g/mol. The fraction of sp³-hybridized carbons (Fsp3) is 0.219. The first-order valence-corrected chi connectivity index (χ1v) is 14.5. The molecule has 0 bridgehead atoms. The molecule has 5 rings (SSSR count). The van der Waals surface area contributed by atoms with E-state index in [1.54, 1.807) is 12.1 Å². The lowest BCUT2D eigenvalue weighted by Crippen LogP contribution is -2.24. The summed E-state index contributed by atoms with van der Waals surface area (Å²) in [4.78, 5) is 17.1. The van der Waals surface area contributed by atoms with Gasteiger partial charge in [0, 0.05) is 24.7 Å². The Morgan fingerprint density at radius 3 is 2.41 bits per heavy atom. The molecule has 1 saturated heterocycles. The van der Waals surface area contributed by atoms with E-state index < -0.39 is 39.5 Å². The van der Waals surface area contributed by atoms with Crippen LogP contribution in [-0.2, 0) is 11.4 Å². The van der Waals surface area contributed by atoms with Crippen LogP contribution in [0.1, 0.15) is 29.8 Å². The molecule has 2 N–H and O–H groups in total. The topological polar surface area (TPSA) is 117 Å². The van der Waals surface area contributed by atoms with Crippen molar-refractivity contribution in [1.82, 2.24) is 15.2 Å². The van der Waals surface area contributed by atoms with E-state index in [0.717, 1.165) is 18.7 Å². The second kappa shape index (κ2) is 13.7. The molecule has 1 aliphatic rings. The number of hydrogen-bond donors (Lipinski definition) is 2. The number of aromatic nitrogens is 1. The average Bonchev–Trinajstić information content (AvgIpc) is 3.46. The second-order valence-electron chi connectivity index (χ2n) is 9.90. The number of carboxylic acids is 1. The number of thioether (sulfide) groups is 1. The molecule has 1 aromatic heterocycles. The lowest BCUT2D eigenvalue weighted by atomic mass is 10.1. The lowest BCUT2D eigenvalue weighted by Gasteiger charge is -2.22. The Hall–Kier alpha value is -4.70. The highest BCUT2D eigenvalue weighted by molar-refractivity contribution is 8.00. The predicted molar refractivity (Wildman–Crippen MR) is 159 cm³/mol. The molecule has 3 aromatic carbocycles. The van der Waals surface area contributed by atoms with Gasteiger partial charge < -0.3 is 19.3 Å². The van der Waals surface area contributed by atoms with Gasteiger partial charge in [-0.05, 0) is 37.7 Å². The van der Waals surface area contributed by atoms with Crippen molar-refractivity contribution in [3.63, 3.8) is 0 Å². The summed E-state index contributed by atoms with van der Waals surface area (Å²) in [6.45, 7) is 2.97. The Morgan fingerprint density at radius 2 is 1.75 bits per heavy atom. The van der Waals surface area contributed by atoms with Crippen LogP contribution in [0.5, 0.6) is 29.0 Å². The van der Waals surface area contributed by atoms with Gasteiger partial charge in [-0.15, -0.1) is 11.8 Å². The third-order valence-electron chi connectivity index (χ3n) is 6.80. The number of ether oxygens (including phenoxy) is 3. The number of carboxylic acid groups (broad SMARTS) is 1. The molecule has 2 heterocycles. The van der Waals surface area contributed by atoms with Crippen LogP contribution >= 0.6 is 11.8 Å². The summed E-state index contributed by atoms with van der Waals surface area (Å²) in [5, 5.41) is 21.1. The molecular formula is C32H28F2N4O5S. The highest BCUT2D eigenvalue weighted by Gasteiger charge is 2.30. The minimum Gasteiger partial charge on any atom is -0.485 e. The number of halogens is 2. The number of pyridine rings is 1. The first-order chi connectivity index (χ1) is 21.2. The van der Waals surface area contributed by atoms with Gasteiger partial charge >= 0.3 is 5.97 Å². The van der Waals surface area contributed by atoms with E-state index in [1.807, 2.05) is 55.6 Å². The normalized spacial score (nSPS) is 15.4. The molecule has 0 radical (unpaired) electrons. The molecule has 12 heteroatoms. The number of carbonyl (C=O) groups is 1. The largest absolute Gasteiger partial charge is 0.485 e. The Kier molecular flexibility index (Phi) is 9.59. The summed E-state index contributed by atoms with van der Waals surface area (Å²) in [6, 6.07) is 22.6. The zero-order chi connectivity index (χ0) is 31.2. The minimum atomic E-state index is -1.27. The van der Waals surface area contributed by atoms with E-state index in [1.165, 1.54) is 25.1 Å². The average molecular weight is 619 g/mol. The van der Waals surface area contributed by atoms with Crippen molar-refractivity contribution < 1.29 is 32.9 Å². The Morgan fingerprint density at radius 1 is 1.07 bits per heavy atom. The van der Waals surface area contributed by atoms with Gasteiger partial charge in [-0.25, -0.2) is 0 Å². The first kappa shape index (κ1) is 30.7. The lowest BCUT2D eigenvalue weighted by molar-refractivity contribution is -0.136. The number of rotatable bonds is 11. The van der Waals surface area contributed by atoms with E-state index in [2.05, 4.69) is 15.2 Å². The van der Waals surface area contributed by atoms with Crippen LogP contribution in [0.2, 0.25) is 0 Å². The zero-order valence-electron chi connectivity index (χ0n) is 23.8. The van der Waals surface area contributed by atoms with E-state index >= 15 is 8.78 Å². The summed E-state index contributed by atoms with van der Waals surface area (Å²) in [6.07, 6.45) is -0.218. The van der Waals surface area contributed by atoms with Crippen LogP contribution in [0.15, 0.2) is 77.7 Å². The number of nitrogens with zero attached hydrogens (tertiary/aromatic N) is 3. The maximum absolute atomic E-state index is 15.9. The van der Waals surface area contributed by atoms with Crippen LogP contribution in [0.4, 0.5) is 8.78 Å². The summed E-state index contributed by atoms with van der Waals surface area (Å²) < 4.78 is 49.5. The van der Waals surface area contributed by atoms with E-state index in [0.29, 0.717) is 17.3 Å². The number of likely N-dealkylation sites (N-methyl/N-ethyl adjacent to an activating group) is 1. The van der Waals surface area contributed by atoms with Crippen molar-refractivity contribution in [2.24, 2.45) is 0 Å². The van der Waals surface area contributed by atoms with E-state index in [-0.39, 0.29) is 35.6 Å². The molecular weight excluding hydrogens is 590 g/mol. The fourth-order valence-corrected chi connectivity index (χ4v) is 5.31. The molecule has 2 atom stereocenters. The Bertz CT molecular complexity index is 1700. The van der Waals surface area contributed by atoms with Gasteiger partial charge in [0.1, 0.15) is 17.6 Å². The number of para-hydroxylation sites is 1. The van der Waals surface area contributed by atoms with Gasteiger partial charge in [0.25, 0.3) is 11.8 Å². The maximum Gasteiger partial charge on any atom is 0.316 e. The van der Waals surface area contributed by atoms with Crippen molar-refractivity contribution in [2.75, 3.05) is 20.1 Å². The molecule has 9 nitrogen and oxygen atoms in total. The summed E-state index contributed by atoms with van der Waals surface area (Å²) >= 11 is 0.450. The smallest absolute Gasteiger partial charge is 0.316 e.